The van der Waals surface area contributed by atoms with Gasteiger partial charge in [-0.15, -0.1) is 0 Å². The highest BCUT2D eigenvalue weighted by molar-refractivity contribution is 4.99. The van der Waals surface area contributed by atoms with E-state index in [0.717, 1.165) is 12.5 Å². The van der Waals surface area contributed by atoms with E-state index in [0.29, 0.717) is 6.04 Å². The lowest BCUT2D eigenvalue weighted by molar-refractivity contribution is 0.0152. The summed E-state index contributed by atoms with van der Waals surface area (Å²) in [4.78, 5) is 5.22. The smallest absolute Gasteiger partial charge is 0.0355 e. The average Bonchev–Trinajstić information content (AvgIpc) is 3.23. The van der Waals surface area contributed by atoms with Gasteiger partial charge in [-0.25, -0.2) is 0 Å². The Hall–Kier alpha value is -0.120. The molecule has 0 bridgehead atoms. The largest absolute Gasteiger partial charge is 0.329 e. The van der Waals surface area contributed by atoms with Gasteiger partial charge in [0.15, 0.2) is 0 Å². The van der Waals surface area contributed by atoms with Crippen molar-refractivity contribution in [2.75, 3.05) is 33.2 Å². The molecule has 3 nitrogen and oxygen atoms in total. The van der Waals surface area contributed by atoms with Crippen molar-refractivity contribution in [2.45, 2.75) is 57.5 Å². The number of nitrogens with zero attached hydrogens (tertiary/aromatic N) is 2. The molecule has 18 heavy (non-hydrogen) atoms. The van der Waals surface area contributed by atoms with Crippen LogP contribution in [0.5, 0.6) is 0 Å². The predicted octanol–water partition coefficient (Wildman–Crippen LogP) is 1.92. The van der Waals surface area contributed by atoms with Crippen LogP contribution in [0.4, 0.5) is 0 Å². The van der Waals surface area contributed by atoms with Gasteiger partial charge in [-0.3, -0.25) is 4.90 Å². The SMILES string of the molecule is CCCN1CCC(CN)(N(C)C(C)C2CC2)CC1. The number of likely N-dealkylation sites (N-methyl/N-ethyl adjacent to an activating group) is 1. The minimum atomic E-state index is 0.270. The van der Waals surface area contributed by atoms with E-state index in [4.69, 9.17) is 5.73 Å². The second kappa shape index (κ2) is 5.89. The Balaban J connectivity index is 1.94. The molecule has 0 aromatic heterocycles. The van der Waals surface area contributed by atoms with Crippen LogP contribution < -0.4 is 5.73 Å². The van der Waals surface area contributed by atoms with Gasteiger partial charge < -0.3 is 10.6 Å². The average molecular weight is 253 g/mol. The Kier molecular flexibility index (Phi) is 4.68. The summed E-state index contributed by atoms with van der Waals surface area (Å²) < 4.78 is 0. The molecule has 106 valence electrons. The highest BCUT2D eigenvalue weighted by Crippen LogP contribution is 2.39. The van der Waals surface area contributed by atoms with E-state index in [1.165, 1.54) is 51.7 Å². The Morgan fingerprint density at radius 3 is 2.39 bits per heavy atom. The van der Waals surface area contributed by atoms with Crippen molar-refractivity contribution in [3.63, 3.8) is 0 Å². The molecule has 2 N–H and O–H groups in total. The maximum atomic E-state index is 6.16. The molecule has 3 heteroatoms. The summed E-state index contributed by atoms with van der Waals surface area (Å²) in [6.45, 7) is 9.20. The van der Waals surface area contributed by atoms with Gasteiger partial charge in [0, 0.05) is 18.1 Å². The van der Waals surface area contributed by atoms with Crippen LogP contribution in [-0.2, 0) is 0 Å². The summed E-state index contributed by atoms with van der Waals surface area (Å²) >= 11 is 0. The molecule has 1 heterocycles. The molecular formula is C15H31N3. The van der Waals surface area contributed by atoms with Gasteiger partial charge in [0.25, 0.3) is 0 Å². The highest BCUT2D eigenvalue weighted by Gasteiger charge is 2.42. The molecule has 0 aromatic carbocycles. The first-order chi connectivity index (χ1) is 8.63. The van der Waals surface area contributed by atoms with Crippen LogP contribution in [0.15, 0.2) is 0 Å². The van der Waals surface area contributed by atoms with Gasteiger partial charge >= 0.3 is 0 Å². The van der Waals surface area contributed by atoms with Crippen LogP contribution in [0, 0.1) is 5.92 Å². The molecule has 0 aromatic rings. The zero-order valence-electron chi connectivity index (χ0n) is 12.5. The molecule has 2 rings (SSSR count). The first-order valence-corrected chi connectivity index (χ1v) is 7.78. The third-order valence-electron chi connectivity index (χ3n) is 5.37. The number of piperidine rings is 1. The molecule has 2 aliphatic rings. The third kappa shape index (κ3) is 2.89. The van der Waals surface area contributed by atoms with Crippen LogP contribution >= 0.6 is 0 Å². The molecule has 1 aliphatic carbocycles. The van der Waals surface area contributed by atoms with Gasteiger partial charge in [0.2, 0.25) is 0 Å². The number of likely N-dealkylation sites (tertiary alicyclic amines) is 1. The summed E-state index contributed by atoms with van der Waals surface area (Å²) in [6.07, 6.45) is 6.61. The molecule has 1 saturated heterocycles. The van der Waals surface area contributed by atoms with Crippen LogP contribution in [0.2, 0.25) is 0 Å². The normalized spacial score (nSPS) is 26.5. The number of hydrogen-bond acceptors (Lipinski definition) is 3. The van der Waals surface area contributed by atoms with Crippen LogP contribution in [0.1, 0.15) is 46.0 Å². The topological polar surface area (TPSA) is 32.5 Å². The van der Waals surface area contributed by atoms with Gasteiger partial charge in [-0.05, 0) is 71.6 Å². The lowest BCUT2D eigenvalue weighted by Crippen LogP contribution is -2.60. The van der Waals surface area contributed by atoms with Gasteiger partial charge in [-0.2, -0.15) is 0 Å². The van der Waals surface area contributed by atoms with Gasteiger partial charge in [0.1, 0.15) is 0 Å². The van der Waals surface area contributed by atoms with Crippen molar-refractivity contribution in [2.24, 2.45) is 11.7 Å². The Morgan fingerprint density at radius 1 is 1.33 bits per heavy atom. The first kappa shape index (κ1) is 14.3. The van der Waals surface area contributed by atoms with E-state index in [1.807, 2.05) is 0 Å². The fraction of sp³-hybridized carbons (Fsp3) is 1.00. The quantitative estimate of drug-likeness (QED) is 0.785. The second-order valence-electron chi connectivity index (χ2n) is 6.46. The van der Waals surface area contributed by atoms with Crippen molar-refractivity contribution < 1.29 is 0 Å². The van der Waals surface area contributed by atoms with E-state index in [1.54, 1.807) is 0 Å². The maximum Gasteiger partial charge on any atom is 0.0355 e. The lowest BCUT2D eigenvalue weighted by Gasteiger charge is -2.49. The van der Waals surface area contributed by atoms with E-state index >= 15 is 0 Å². The molecule has 1 saturated carbocycles. The molecular weight excluding hydrogens is 222 g/mol. The fourth-order valence-corrected chi connectivity index (χ4v) is 3.54. The van der Waals surface area contributed by atoms with E-state index in [9.17, 15) is 0 Å². The summed E-state index contributed by atoms with van der Waals surface area (Å²) in [6, 6.07) is 0.714. The zero-order valence-corrected chi connectivity index (χ0v) is 12.5. The van der Waals surface area contributed by atoms with Crippen molar-refractivity contribution >= 4 is 0 Å². The van der Waals surface area contributed by atoms with Crippen LogP contribution in [-0.4, -0.2) is 54.6 Å². The Bertz CT molecular complexity index is 254. The Labute approximate surface area is 113 Å². The monoisotopic (exact) mass is 253 g/mol. The second-order valence-corrected chi connectivity index (χ2v) is 6.46. The molecule has 1 unspecified atom stereocenters. The van der Waals surface area contributed by atoms with Gasteiger partial charge in [-0.1, -0.05) is 6.92 Å². The van der Waals surface area contributed by atoms with Crippen molar-refractivity contribution in [3.05, 3.63) is 0 Å². The predicted molar refractivity (Wildman–Crippen MR) is 77.7 cm³/mol. The Morgan fingerprint density at radius 2 is 1.94 bits per heavy atom. The van der Waals surface area contributed by atoms with E-state index in [-0.39, 0.29) is 5.54 Å². The molecule has 0 amide bonds. The minimum Gasteiger partial charge on any atom is -0.329 e. The number of rotatable bonds is 6. The highest BCUT2D eigenvalue weighted by atomic mass is 15.2. The third-order valence-corrected chi connectivity index (χ3v) is 5.37. The van der Waals surface area contributed by atoms with Crippen molar-refractivity contribution in [1.29, 1.82) is 0 Å². The van der Waals surface area contributed by atoms with E-state index in [2.05, 4.69) is 30.7 Å². The molecule has 0 radical (unpaired) electrons. The summed E-state index contributed by atoms with van der Waals surface area (Å²) in [5.74, 6) is 0.937. The standard InChI is InChI=1S/C15H31N3/c1-4-9-18-10-7-15(12-16,8-11-18)17(3)13(2)14-5-6-14/h13-14H,4-12,16H2,1-3H3. The van der Waals surface area contributed by atoms with Gasteiger partial charge in [0.05, 0.1) is 0 Å². The molecule has 0 spiro atoms. The van der Waals surface area contributed by atoms with E-state index < -0.39 is 0 Å². The first-order valence-electron chi connectivity index (χ1n) is 7.78. The number of hydrogen-bond donors (Lipinski definition) is 1. The molecule has 1 aliphatic heterocycles. The molecule has 2 fully saturated rings. The maximum absolute atomic E-state index is 6.16. The summed E-state index contributed by atoms with van der Waals surface area (Å²) in [5.41, 5.74) is 6.43. The fourth-order valence-electron chi connectivity index (χ4n) is 3.54. The van der Waals surface area contributed by atoms with Crippen molar-refractivity contribution in [1.82, 2.24) is 9.80 Å². The van der Waals surface area contributed by atoms with Crippen molar-refractivity contribution in [3.8, 4) is 0 Å². The minimum absolute atomic E-state index is 0.270. The van der Waals surface area contributed by atoms with Crippen LogP contribution in [0.3, 0.4) is 0 Å². The molecule has 1 atom stereocenters. The van der Waals surface area contributed by atoms with Crippen LogP contribution in [0.25, 0.3) is 0 Å². The lowest BCUT2D eigenvalue weighted by atomic mass is 9.84. The summed E-state index contributed by atoms with van der Waals surface area (Å²) in [5, 5.41) is 0. The summed E-state index contributed by atoms with van der Waals surface area (Å²) in [7, 11) is 2.31. The number of nitrogens with two attached hydrogens (primary N) is 1. The zero-order chi connectivity index (χ0) is 13.2.